The van der Waals surface area contributed by atoms with Gasteiger partial charge in [0.05, 0.1) is 22.6 Å². The van der Waals surface area contributed by atoms with Crippen molar-refractivity contribution in [2.24, 2.45) is 0 Å². The van der Waals surface area contributed by atoms with E-state index >= 15 is 0 Å². The fraction of sp³-hybridized carbons (Fsp3) is 0.406. The van der Waals surface area contributed by atoms with E-state index in [2.05, 4.69) is 52.6 Å². The number of hydrogen-bond donors (Lipinski definition) is 3. The third-order valence-corrected chi connectivity index (χ3v) is 7.01. The minimum atomic E-state index is -0.551. The number of anilines is 3. The molecule has 8 nitrogen and oxygen atoms in total. The first-order valence-corrected chi connectivity index (χ1v) is 13.8. The average molecular weight is 544 g/mol. The van der Waals surface area contributed by atoms with Crippen LogP contribution in [-0.4, -0.2) is 41.7 Å². The Hall–Kier alpha value is -4.07. The molecule has 0 saturated carbocycles. The van der Waals surface area contributed by atoms with Gasteiger partial charge in [-0.1, -0.05) is 35.4 Å². The van der Waals surface area contributed by atoms with Crippen molar-refractivity contribution in [3.05, 3.63) is 70.5 Å². The van der Waals surface area contributed by atoms with Gasteiger partial charge in [-0.25, -0.2) is 4.79 Å². The summed E-state index contributed by atoms with van der Waals surface area (Å²) in [4.78, 5) is 32.9. The van der Waals surface area contributed by atoms with E-state index in [1.165, 1.54) is 0 Å². The van der Waals surface area contributed by atoms with E-state index in [9.17, 15) is 9.59 Å². The second-order valence-electron chi connectivity index (χ2n) is 11.9. The highest BCUT2D eigenvalue weighted by atomic mass is 16.6. The highest BCUT2D eigenvalue weighted by Gasteiger charge is 2.28. The van der Waals surface area contributed by atoms with E-state index in [-0.39, 0.29) is 11.9 Å². The number of carbonyl (C=O) groups is 2. The van der Waals surface area contributed by atoms with Gasteiger partial charge in [0.25, 0.3) is 5.91 Å². The van der Waals surface area contributed by atoms with E-state index < -0.39 is 11.7 Å². The first-order valence-electron chi connectivity index (χ1n) is 13.8. The summed E-state index contributed by atoms with van der Waals surface area (Å²) in [7, 11) is 0. The molecular formula is C32H41N5O3. The van der Waals surface area contributed by atoms with Crippen LogP contribution < -0.4 is 21.3 Å². The van der Waals surface area contributed by atoms with Gasteiger partial charge in [-0.2, -0.15) is 0 Å². The number of nitrogens with zero attached hydrogens (tertiary/aromatic N) is 2. The van der Waals surface area contributed by atoms with E-state index in [1.807, 2.05) is 52.9 Å². The van der Waals surface area contributed by atoms with E-state index in [1.54, 1.807) is 6.20 Å². The minimum Gasteiger partial charge on any atom is -0.444 e. The van der Waals surface area contributed by atoms with Crippen molar-refractivity contribution >= 4 is 29.1 Å². The summed E-state index contributed by atoms with van der Waals surface area (Å²) in [5, 5.41) is 6.04. The molecule has 0 aliphatic carbocycles. The third-order valence-electron chi connectivity index (χ3n) is 7.01. The Morgan fingerprint density at radius 1 is 0.950 bits per heavy atom. The lowest BCUT2D eigenvalue weighted by Gasteiger charge is -2.36. The maximum absolute atomic E-state index is 13.8. The number of amides is 2. The van der Waals surface area contributed by atoms with Crippen molar-refractivity contribution in [2.75, 3.05) is 29.0 Å². The molecule has 1 fully saturated rings. The Labute approximate surface area is 237 Å². The Bertz CT molecular complexity index is 1400. The number of aryl methyl sites for hydroxylation is 4. The zero-order valence-corrected chi connectivity index (χ0v) is 24.6. The van der Waals surface area contributed by atoms with E-state index in [0.717, 1.165) is 51.9 Å². The second-order valence-corrected chi connectivity index (χ2v) is 11.9. The molecule has 1 saturated heterocycles. The predicted octanol–water partition coefficient (Wildman–Crippen LogP) is 6.31. The number of rotatable bonds is 5. The van der Waals surface area contributed by atoms with Crippen LogP contribution >= 0.6 is 0 Å². The number of pyridine rings is 1. The number of alkyl carbamates (subject to hydrolysis) is 1. The number of piperidine rings is 1. The van der Waals surface area contributed by atoms with Crippen LogP contribution in [0.25, 0.3) is 11.1 Å². The fourth-order valence-electron chi connectivity index (χ4n) is 5.30. The maximum Gasteiger partial charge on any atom is 0.407 e. The number of benzene rings is 2. The van der Waals surface area contributed by atoms with Crippen molar-refractivity contribution < 1.29 is 14.3 Å². The molecule has 40 heavy (non-hydrogen) atoms. The monoisotopic (exact) mass is 543 g/mol. The van der Waals surface area contributed by atoms with Gasteiger partial charge in [-0.05, 0) is 84.1 Å². The third kappa shape index (κ3) is 6.92. The van der Waals surface area contributed by atoms with Gasteiger partial charge in [0.1, 0.15) is 5.60 Å². The average Bonchev–Trinajstić information content (AvgIpc) is 2.85. The Morgan fingerprint density at radius 3 is 2.20 bits per heavy atom. The lowest BCUT2D eigenvalue weighted by Crippen LogP contribution is -2.46. The topological polar surface area (TPSA) is 110 Å². The molecule has 4 N–H and O–H groups in total. The van der Waals surface area contributed by atoms with Gasteiger partial charge in [-0.3, -0.25) is 9.78 Å². The zero-order chi connectivity index (χ0) is 29.2. The van der Waals surface area contributed by atoms with Crippen molar-refractivity contribution in [1.29, 1.82) is 0 Å². The van der Waals surface area contributed by atoms with Crippen molar-refractivity contribution in [1.82, 2.24) is 10.3 Å². The molecule has 2 amide bonds. The molecule has 8 heteroatoms. The SMILES string of the molecule is Cc1cc(C)cc(-c2cncc(C(=O)Nc3cc(C)cc(C)c3N)c2N2CCC(NC(=O)OC(C)(C)C)CC2)c1. The molecule has 2 aromatic carbocycles. The molecule has 1 aliphatic heterocycles. The highest BCUT2D eigenvalue weighted by molar-refractivity contribution is 6.11. The molecular weight excluding hydrogens is 502 g/mol. The molecule has 1 aliphatic rings. The summed E-state index contributed by atoms with van der Waals surface area (Å²) in [6.45, 7) is 14.9. The largest absolute Gasteiger partial charge is 0.444 e. The normalized spacial score (nSPS) is 14.1. The second kappa shape index (κ2) is 11.6. The van der Waals surface area contributed by atoms with Crippen LogP contribution in [0.4, 0.5) is 21.9 Å². The number of ether oxygens (including phenoxy) is 1. The molecule has 3 aromatic rings. The minimum absolute atomic E-state index is 0.00931. The molecule has 212 valence electrons. The summed E-state index contributed by atoms with van der Waals surface area (Å²) in [5.41, 5.74) is 14.3. The van der Waals surface area contributed by atoms with Crippen LogP contribution in [-0.2, 0) is 4.74 Å². The molecule has 0 spiro atoms. The predicted molar refractivity (Wildman–Crippen MR) is 162 cm³/mol. The van der Waals surface area contributed by atoms with Crippen LogP contribution in [0.3, 0.4) is 0 Å². The molecule has 0 atom stereocenters. The van der Waals surface area contributed by atoms with Crippen LogP contribution in [0, 0.1) is 27.7 Å². The van der Waals surface area contributed by atoms with Crippen molar-refractivity contribution in [3.8, 4) is 11.1 Å². The number of hydrogen-bond acceptors (Lipinski definition) is 6. The first kappa shape index (κ1) is 28.9. The van der Waals surface area contributed by atoms with E-state index in [0.29, 0.717) is 30.0 Å². The smallest absolute Gasteiger partial charge is 0.407 e. The standard InChI is InChI=1S/C32H41N5O3/c1-19-12-20(2)15-23(14-19)25-17-34-18-26(30(38)36-27-16-21(3)13-22(4)28(27)33)29(25)37-10-8-24(9-11-37)35-31(39)40-32(5,6)7/h12-18,24H,8-11,33H2,1-7H3,(H,35,39)(H,36,38). The summed E-state index contributed by atoms with van der Waals surface area (Å²) in [5.74, 6) is -0.264. The highest BCUT2D eigenvalue weighted by Crippen LogP contribution is 2.37. The number of nitrogen functional groups attached to an aromatic ring is 1. The van der Waals surface area contributed by atoms with Crippen molar-refractivity contribution in [2.45, 2.75) is 73.0 Å². The Balaban J connectivity index is 1.67. The van der Waals surface area contributed by atoms with Gasteiger partial charge in [0.2, 0.25) is 0 Å². The van der Waals surface area contributed by atoms with Gasteiger partial charge in [0, 0.05) is 37.1 Å². The lowest BCUT2D eigenvalue weighted by atomic mass is 9.96. The number of nitrogens with two attached hydrogens (primary N) is 1. The Morgan fingerprint density at radius 2 is 1.57 bits per heavy atom. The number of nitrogens with one attached hydrogen (secondary N) is 2. The van der Waals surface area contributed by atoms with Crippen LogP contribution in [0.2, 0.25) is 0 Å². The number of carbonyl (C=O) groups excluding carboxylic acids is 2. The molecule has 0 radical (unpaired) electrons. The van der Waals surface area contributed by atoms with Gasteiger partial charge < -0.3 is 26.0 Å². The summed E-state index contributed by atoms with van der Waals surface area (Å²) in [6.07, 6.45) is 4.49. The van der Waals surface area contributed by atoms with Crippen molar-refractivity contribution in [3.63, 3.8) is 0 Å². The van der Waals surface area contributed by atoms with Gasteiger partial charge in [-0.15, -0.1) is 0 Å². The molecule has 4 rings (SSSR count). The summed E-state index contributed by atoms with van der Waals surface area (Å²) in [6, 6.07) is 10.2. The Kier molecular flexibility index (Phi) is 8.37. The maximum atomic E-state index is 13.8. The first-order chi connectivity index (χ1) is 18.8. The zero-order valence-electron chi connectivity index (χ0n) is 24.6. The molecule has 0 unspecified atom stereocenters. The molecule has 2 heterocycles. The summed E-state index contributed by atoms with van der Waals surface area (Å²) < 4.78 is 5.45. The molecule has 0 bridgehead atoms. The molecule has 1 aromatic heterocycles. The quantitative estimate of drug-likeness (QED) is 0.325. The fourth-order valence-corrected chi connectivity index (χ4v) is 5.30. The van der Waals surface area contributed by atoms with E-state index in [4.69, 9.17) is 10.5 Å². The summed E-state index contributed by atoms with van der Waals surface area (Å²) >= 11 is 0. The van der Waals surface area contributed by atoms with Gasteiger partial charge >= 0.3 is 6.09 Å². The lowest BCUT2D eigenvalue weighted by molar-refractivity contribution is 0.0497. The van der Waals surface area contributed by atoms with Crippen LogP contribution in [0.15, 0.2) is 42.7 Å². The van der Waals surface area contributed by atoms with Gasteiger partial charge in [0.15, 0.2) is 0 Å². The van der Waals surface area contributed by atoms with Crippen LogP contribution in [0.5, 0.6) is 0 Å². The van der Waals surface area contributed by atoms with Crippen LogP contribution in [0.1, 0.15) is 66.2 Å². The number of aromatic nitrogens is 1.